The number of rotatable bonds is 3. The fourth-order valence-corrected chi connectivity index (χ4v) is 4.98. The Labute approximate surface area is 157 Å². The Hall–Kier alpha value is -2.82. The number of carboxylic acids is 1. The second kappa shape index (κ2) is 5.84. The van der Waals surface area contributed by atoms with Gasteiger partial charge in [-0.1, -0.05) is 48.5 Å². The van der Waals surface area contributed by atoms with Gasteiger partial charge in [-0.3, -0.25) is 4.90 Å². The third kappa shape index (κ3) is 2.30. The standard InChI is InChI=1S/C22H21NO4/c24-20(25)19-12-22(10-5-11-22)23(19)21(26)27-13-18-16-8-3-1-6-14(16)15-7-2-4-9-17(15)18/h1-4,6-9,18-19H,5,10-13H2,(H,24,25). The summed E-state index contributed by atoms with van der Waals surface area (Å²) in [5.74, 6) is -0.954. The predicted molar refractivity (Wildman–Crippen MR) is 99.5 cm³/mol. The molecule has 2 aliphatic carbocycles. The average molecular weight is 363 g/mol. The van der Waals surface area contributed by atoms with Crippen molar-refractivity contribution in [2.75, 3.05) is 6.61 Å². The summed E-state index contributed by atoms with van der Waals surface area (Å²) in [6.45, 7) is 0.228. The molecule has 1 atom stereocenters. The second-order valence-corrected chi connectivity index (χ2v) is 7.81. The Kier molecular flexibility index (Phi) is 3.54. The lowest BCUT2D eigenvalue weighted by Crippen LogP contribution is -2.73. The Morgan fingerprint density at radius 2 is 1.63 bits per heavy atom. The number of nitrogens with zero attached hydrogens (tertiary/aromatic N) is 1. The highest BCUT2D eigenvalue weighted by molar-refractivity contribution is 5.84. The van der Waals surface area contributed by atoms with Crippen LogP contribution in [0.15, 0.2) is 48.5 Å². The van der Waals surface area contributed by atoms with Crippen LogP contribution in [0.2, 0.25) is 0 Å². The highest BCUT2D eigenvalue weighted by Gasteiger charge is 2.60. The molecule has 27 heavy (non-hydrogen) atoms. The fourth-order valence-electron chi connectivity index (χ4n) is 4.98. The van der Waals surface area contributed by atoms with Crippen molar-refractivity contribution in [3.63, 3.8) is 0 Å². The molecule has 2 fully saturated rings. The van der Waals surface area contributed by atoms with Gasteiger partial charge >= 0.3 is 12.1 Å². The van der Waals surface area contributed by atoms with Gasteiger partial charge in [-0.25, -0.2) is 9.59 Å². The van der Waals surface area contributed by atoms with E-state index in [9.17, 15) is 14.7 Å². The van der Waals surface area contributed by atoms with Gasteiger partial charge in [-0.2, -0.15) is 0 Å². The lowest BCUT2D eigenvalue weighted by Gasteiger charge is -2.60. The largest absolute Gasteiger partial charge is 0.480 e. The molecule has 2 aromatic rings. The molecular weight excluding hydrogens is 342 g/mol. The van der Waals surface area contributed by atoms with Gasteiger partial charge in [0, 0.05) is 17.9 Å². The van der Waals surface area contributed by atoms with E-state index < -0.39 is 18.1 Å². The van der Waals surface area contributed by atoms with Gasteiger partial charge < -0.3 is 9.84 Å². The van der Waals surface area contributed by atoms with E-state index in [-0.39, 0.29) is 18.1 Å². The fraction of sp³-hybridized carbons (Fsp3) is 0.364. The number of ether oxygens (including phenoxy) is 1. The van der Waals surface area contributed by atoms with Crippen LogP contribution < -0.4 is 0 Å². The molecule has 1 spiro atoms. The summed E-state index contributed by atoms with van der Waals surface area (Å²) in [5, 5.41) is 9.40. The number of fused-ring (bicyclic) bond motifs is 3. The van der Waals surface area contributed by atoms with E-state index in [0.717, 1.165) is 30.4 Å². The van der Waals surface area contributed by atoms with Crippen molar-refractivity contribution in [3.05, 3.63) is 59.7 Å². The van der Waals surface area contributed by atoms with Gasteiger partial charge in [0.05, 0.1) is 0 Å². The lowest BCUT2D eigenvalue weighted by molar-refractivity contribution is -0.166. The Morgan fingerprint density at radius 1 is 1.04 bits per heavy atom. The quantitative estimate of drug-likeness (QED) is 0.894. The molecule has 138 valence electrons. The molecule has 1 saturated carbocycles. The van der Waals surface area contributed by atoms with Crippen molar-refractivity contribution in [3.8, 4) is 11.1 Å². The van der Waals surface area contributed by atoms with Crippen LogP contribution in [-0.2, 0) is 9.53 Å². The van der Waals surface area contributed by atoms with Crippen LogP contribution in [-0.4, -0.2) is 40.3 Å². The van der Waals surface area contributed by atoms with Crippen LogP contribution >= 0.6 is 0 Å². The summed E-state index contributed by atoms with van der Waals surface area (Å²) >= 11 is 0. The molecule has 5 nitrogen and oxygen atoms in total. The Bertz CT molecular complexity index is 888. The number of carbonyl (C=O) groups excluding carboxylic acids is 1. The molecule has 0 radical (unpaired) electrons. The molecule has 1 N–H and O–H groups in total. The zero-order valence-corrected chi connectivity index (χ0v) is 14.9. The van der Waals surface area contributed by atoms with Gasteiger partial charge in [-0.05, 0) is 41.5 Å². The summed E-state index contributed by atoms with van der Waals surface area (Å²) in [6, 6.07) is 15.6. The molecule has 1 heterocycles. The van der Waals surface area contributed by atoms with Crippen LogP contribution in [0.5, 0.6) is 0 Å². The Morgan fingerprint density at radius 3 is 2.15 bits per heavy atom. The van der Waals surface area contributed by atoms with Crippen LogP contribution in [0.3, 0.4) is 0 Å². The van der Waals surface area contributed by atoms with Crippen LogP contribution in [0.25, 0.3) is 11.1 Å². The number of carboxylic acid groups (broad SMARTS) is 1. The van der Waals surface area contributed by atoms with Gasteiger partial charge in [0.2, 0.25) is 0 Å². The molecule has 3 aliphatic rings. The summed E-state index contributed by atoms with van der Waals surface area (Å²) in [6.07, 6.45) is 2.85. The number of aliphatic carboxylic acids is 1. The molecule has 2 aromatic carbocycles. The molecule has 1 unspecified atom stereocenters. The number of benzene rings is 2. The maximum absolute atomic E-state index is 12.8. The van der Waals surface area contributed by atoms with Crippen molar-refractivity contribution in [2.45, 2.75) is 43.2 Å². The third-order valence-electron chi connectivity index (χ3n) is 6.50. The van der Waals surface area contributed by atoms with Gasteiger partial charge in [0.25, 0.3) is 0 Å². The molecule has 5 heteroatoms. The van der Waals surface area contributed by atoms with Crippen molar-refractivity contribution in [2.24, 2.45) is 0 Å². The number of carbonyl (C=O) groups is 2. The maximum Gasteiger partial charge on any atom is 0.411 e. The van der Waals surface area contributed by atoms with Crippen molar-refractivity contribution in [1.29, 1.82) is 0 Å². The zero-order chi connectivity index (χ0) is 18.6. The van der Waals surface area contributed by atoms with E-state index >= 15 is 0 Å². The number of hydrogen-bond donors (Lipinski definition) is 1. The average Bonchev–Trinajstić information content (AvgIpc) is 2.92. The van der Waals surface area contributed by atoms with Crippen molar-refractivity contribution >= 4 is 12.1 Å². The molecule has 0 bridgehead atoms. The van der Waals surface area contributed by atoms with E-state index in [1.54, 1.807) is 0 Å². The first-order chi connectivity index (χ1) is 13.1. The maximum atomic E-state index is 12.8. The summed E-state index contributed by atoms with van der Waals surface area (Å²) in [7, 11) is 0. The van der Waals surface area contributed by atoms with Crippen molar-refractivity contribution < 1.29 is 19.4 Å². The van der Waals surface area contributed by atoms with Crippen LogP contribution in [0, 0.1) is 0 Å². The third-order valence-corrected chi connectivity index (χ3v) is 6.50. The van der Waals surface area contributed by atoms with Crippen molar-refractivity contribution in [1.82, 2.24) is 4.90 Å². The first kappa shape index (κ1) is 16.4. The normalized spacial score (nSPS) is 21.8. The first-order valence-electron chi connectivity index (χ1n) is 9.48. The SMILES string of the molecule is O=C(O)C1CC2(CCC2)N1C(=O)OCC1c2ccccc2-c2ccccc21. The van der Waals surface area contributed by atoms with Gasteiger partial charge in [-0.15, -0.1) is 0 Å². The molecular formula is C22H21NO4. The second-order valence-electron chi connectivity index (χ2n) is 7.81. The molecule has 1 aliphatic heterocycles. The zero-order valence-electron chi connectivity index (χ0n) is 14.9. The smallest absolute Gasteiger partial charge is 0.411 e. The predicted octanol–water partition coefficient (Wildman–Crippen LogP) is 4.02. The summed E-state index contributed by atoms with van der Waals surface area (Å²) in [5.41, 5.74) is 4.39. The topological polar surface area (TPSA) is 66.8 Å². The highest BCUT2D eigenvalue weighted by atomic mass is 16.6. The van der Waals surface area contributed by atoms with Gasteiger partial charge in [0.1, 0.15) is 12.6 Å². The lowest BCUT2D eigenvalue weighted by atomic mass is 9.64. The minimum Gasteiger partial charge on any atom is -0.480 e. The molecule has 1 amide bonds. The van der Waals surface area contributed by atoms with E-state index in [1.807, 2.05) is 24.3 Å². The Balaban J connectivity index is 1.37. The monoisotopic (exact) mass is 363 g/mol. The molecule has 0 aromatic heterocycles. The molecule has 5 rings (SSSR count). The summed E-state index contributed by atoms with van der Waals surface area (Å²) in [4.78, 5) is 25.7. The molecule has 1 saturated heterocycles. The van der Waals surface area contributed by atoms with E-state index in [4.69, 9.17) is 4.74 Å². The number of amides is 1. The van der Waals surface area contributed by atoms with Gasteiger partial charge in [0.15, 0.2) is 0 Å². The van der Waals surface area contributed by atoms with Crippen LogP contribution in [0.4, 0.5) is 4.79 Å². The number of hydrogen-bond acceptors (Lipinski definition) is 3. The first-order valence-corrected chi connectivity index (χ1v) is 9.48. The summed E-state index contributed by atoms with van der Waals surface area (Å²) < 4.78 is 5.68. The minimum atomic E-state index is -0.943. The number of likely N-dealkylation sites (tertiary alicyclic amines) is 1. The van der Waals surface area contributed by atoms with E-state index in [2.05, 4.69) is 24.3 Å². The van der Waals surface area contributed by atoms with Crippen LogP contribution in [0.1, 0.15) is 42.7 Å². The van der Waals surface area contributed by atoms with E-state index in [0.29, 0.717) is 6.42 Å². The van der Waals surface area contributed by atoms with E-state index in [1.165, 1.54) is 16.0 Å². The minimum absolute atomic E-state index is 0.0109. The highest BCUT2D eigenvalue weighted by Crippen LogP contribution is 2.51.